The normalized spacial score (nSPS) is 24.0. The molecule has 0 spiro atoms. The standard InChI is InChI=1S/C20H28N2O4/c1-20(2,3)26-19(24)22-16(10-15-11-17(15)22)12-21(4)18(23)25-13-14-8-6-5-7-9-14/h5-9,15-17H,10-13H2,1-4H3. The van der Waals surface area contributed by atoms with Crippen molar-refractivity contribution in [1.29, 1.82) is 0 Å². The van der Waals surface area contributed by atoms with E-state index in [4.69, 9.17) is 9.47 Å². The molecule has 1 aromatic rings. The van der Waals surface area contributed by atoms with Crippen molar-refractivity contribution in [3.05, 3.63) is 35.9 Å². The zero-order valence-corrected chi connectivity index (χ0v) is 16.0. The number of likely N-dealkylation sites (tertiary alicyclic amines) is 1. The lowest BCUT2D eigenvalue weighted by molar-refractivity contribution is 0.0149. The Labute approximate surface area is 155 Å². The van der Waals surface area contributed by atoms with E-state index in [2.05, 4.69) is 0 Å². The highest BCUT2D eigenvalue weighted by Gasteiger charge is 2.55. The average molecular weight is 360 g/mol. The van der Waals surface area contributed by atoms with Gasteiger partial charge in [-0.05, 0) is 45.1 Å². The van der Waals surface area contributed by atoms with Gasteiger partial charge >= 0.3 is 12.2 Å². The molecule has 3 rings (SSSR count). The molecular weight excluding hydrogens is 332 g/mol. The fourth-order valence-corrected chi connectivity index (χ4v) is 3.54. The number of hydrogen-bond donors (Lipinski definition) is 0. The Kier molecular flexibility index (Phi) is 5.12. The predicted octanol–water partition coefficient (Wildman–Crippen LogP) is 3.65. The number of nitrogens with zero attached hydrogens (tertiary/aromatic N) is 2. The number of piperidine rings is 1. The SMILES string of the molecule is CN(CC1CC2CC2N1C(=O)OC(C)(C)C)C(=O)OCc1ccccc1. The zero-order chi connectivity index (χ0) is 18.9. The van der Waals surface area contributed by atoms with E-state index < -0.39 is 5.60 Å². The molecule has 1 saturated carbocycles. The molecule has 0 N–H and O–H groups in total. The number of benzene rings is 1. The number of carbonyl (C=O) groups excluding carboxylic acids is 2. The Morgan fingerprint density at radius 3 is 2.54 bits per heavy atom. The van der Waals surface area contributed by atoms with Crippen molar-refractivity contribution in [1.82, 2.24) is 9.80 Å². The molecule has 0 aromatic heterocycles. The second kappa shape index (κ2) is 7.17. The number of likely N-dealkylation sites (N-methyl/N-ethyl adjacent to an activating group) is 1. The first-order chi connectivity index (χ1) is 12.2. The summed E-state index contributed by atoms with van der Waals surface area (Å²) in [5.74, 6) is 0.543. The van der Waals surface area contributed by atoms with Crippen LogP contribution in [0.2, 0.25) is 0 Å². The number of ether oxygens (including phenoxy) is 2. The van der Waals surface area contributed by atoms with Crippen molar-refractivity contribution in [3.8, 4) is 0 Å². The summed E-state index contributed by atoms with van der Waals surface area (Å²) in [6.45, 7) is 6.31. The Balaban J connectivity index is 1.53. The minimum Gasteiger partial charge on any atom is -0.445 e. The first-order valence-corrected chi connectivity index (χ1v) is 9.18. The Morgan fingerprint density at radius 1 is 1.19 bits per heavy atom. The molecule has 1 saturated heterocycles. The summed E-state index contributed by atoms with van der Waals surface area (Å²) in [5, 5.41) is 0. The van der Waals surface area contributed by atoms with Crippen LogP contribution in [0, 0.1) is 5.92 Å². The second-order valence-electron chi connectivity index (χ2n) is 8.26. The van der Waals surface area contributed by atoms with Crippen molar-refractivity contribution < 1.29 is 19.1 Å². The summed E-state index contributed by atoms with van der Waals surface area (Å²) in [6.07, 6.45) is 1.30. The van der Waals surface area contributed by atoms with Crippen LogP contribution in [0.15, 0.2) is 30.3 Å². The highest BCUT2D eigenvalue weighted by atomic mass is 16.6. The predicted molar refractivity (Wildman–Crippen MR) is 97.6 cm³/mol. The molecule has 2 amide bonds. The van der Waals surface area contributed by atoms with Gasteiger partial charge < -0.3 is 19.3 Å². The third kappa shape index (κ3) is 4.48. The second-order valence-corrected chi connectivity index (χ2v) is 8.26. The summed E-state index contributed by atoms with van der Waals surface area (Å²) in [6, 6.07) is 9.84. The fourth-order valence-electron chi connectivity index (χ4n) is 3.54. The van der Waals surface area contributed by atoms with Crippen LogP contribution in [0.1, 0.15) is 39.2 Å². The van der Waals surface area contributed by atoms with Crippen LogP contribution in [-0.4, -0.2) is 53.3 Å². The van der Waals surface area contributed by atoms with Crippen LogP contribution >= 0.6 is 0 Å². The molecule has 3 unspecified atom stereocenters. The molecule has 0 radical (unpaired) electrons. The van der Waals surface area contributed by atoms with Gasteiger partial charge in [0, 0.05) is 19.6 Å². The van der Waals surface area contributed by atoms with E-state index in [1.54, 1.807) is 11.9 Å². The Hall–Kier alpha value is -2.24. The topological polar surface area (TPSA) is 59.1 Å². The van der Waals surface area contributed by atoms with Crippen LogP contribution in [0.25, 0.3) is 0 Å². The smallest absolute Gasteiger partial charge is 0.410 e. The molecule has 1 aromatic carbocycles. The summed E-state index contributed by atoms with van der Waals surface area (Å²) < 4.78 is 10.9. The van der Waals surface area contributed by atoms with Gasteiger partial charge in [-0.15, -0.1) is 0 Å². The van der Waals surface area contributed by atoms with Crippen molar-refractivity contribution >= 4 is 12.2 Å². The fraction of sp³-hybridized carbons (Fsp3) is 0.600. The van der Waals surface area contributed by atoms with Gasteiger partial charge in [0.2, 0.25) is 0 Å². The average Bonchev–Trinajstić information content (AvgIpc) is 3.22. The van der Waals surface area contributed by atoms with Crippen molar-refractivity contribution in [2.45, 2.75) is 57.9 Å². The molecule has 1 aliphatic carbocycles. The molecule has 1 aliphatic heterocycles. The van der Waals surface area contributed by atoms with Crippen molar-refractivity contribution in [2.24, 2.45) is 5.92 Å². The van der Waals surface area contributed by atoms with Gasteiger partial charge in [0.05, 0.1) is 6.04 Å². The van der Waals surface area contributed by atoms with E-state index in [1.165, 1.54) is 0 Å². The monoisotopic (exact) mass is 360 g/mol. The lowest BCUT2D eigenvalue weighted by Crippen LogP contribution is -2.47. The van der Waals surface area contributed by atoms with Crippen molar-refractivity contribution in [2.75, 3.05) is 13.6 Å². The molecule has 26 heavy (non-hydrogen) atoms. The maximum atomic E-state index is 12.5. The highest BCUT2D eigenvalue weighted by Crippen LogP contribution is 2.48. The van der Waals surface area contributed by atoms with Gasteiger partial charge in [-0.2, -0.15) is 0 Å². The molecular formula is C20H28N2O4. The van der Waals surface area contributed by atoms with Gasteiger partial charge in [-0.25, -0.2) is 9.59 Å². The van der Waals surface area contributed by atoms with Crippen LogP contribution in [-0.2, 0) is 16.1 Å². The minimum absolute atomic E-state index is 0.0112. The van der Waals surface area contributed by atoms with E-state index >= 15 is 0 Å². The van der Waals surface area contributed by atoms with Crippen LogP contribution in [0.4, 0.5) is 9.59 Å². The van der Waals surface area contributed by atoms with Crippen LogP contribution in [0.5, 0.6) is 0 Å². The van der Waals surface area contributed by atoms with Crippen LogP contribution in [0.3, 0.4) is 0 Å². The number of rotatable bonds is 4. The lowest BCUT2D eigenvalue weighted by atomic mass is 10.1. The van der Waals surface area contributed by atoms with Gasteiger partial charge in [0.15, 0.2) is 0 Å². The molecule has 3 atom stereocenters. The first-order valence-electron chi connectivity index (χ1n) is 9.18. The van der Waals surface area contributed by atoms with Gasteiger partial charge in [0.25, 0.3) is 0 Å². The van der Waals surface area contributed by atoms with E-state index in [0.717, 1.165) is 18.4 Å². The molecule has 0 bridgehead atoms. The first kappa shape index (κ1) is 18.5. The molecule has 2 fully saturated rings. The summed E-state index contributed by atoms with van der Waals surface area (Å²) in [7, 11) is 1.71. The molecule has 1 heterocycles. The van der Waals surface area contributed by atoms with E-state index in [-0.39, 0.29) is 30.9 Å². The van der Waals surface area contributed by atoms with Crippen LogP contribution < -0.4 is 0 Å². The van der Waals surface area contributed by atoms with Gasteiger partial charge in [0.1, 0.15) is 12.2 Å². The zero-order valence-electron chi connectivity index (χ0n) is 16.0. The minimum atomic E-state index is -0.519. The number of carbonyl (C=O) groups is 2. The summed E-state index contributed by atoms with van der Waals surface area (Å²) in [5.41, 5.74) is 0.432. The third-order valence-electron chi connectivity index (χ3n) is 4.82. The molecule has 142 valence electrons. The van der Waals surface area contributed by atoms with E-state index in [9.17, 15) is 9.59 Å². The largest absolute Gasteiger partial charge is 0.445 e. The van der Waals surface area contributed by atoms with E-state index in [1.807, 2.05) is 56.0 Å². The number of fused-ring (bicyclic) bond motifs is 1. The number of hydrogen-bond acceptors (Lipinski definition) is 4. The molecule has 2 aliphatic rings. The van der Waals surface area contributed by atoms with E-state index in [0.29, 0.717) is 12.5 Å². The summed E-state index contributed by atoms with van der Waals surface area (Å²) >= 11 is 0. The Bertz CT molecular complexity index is 656. The lowest BCUT2D eigenvalue weighted by Gasteiger charge is -2.32. The molecule has 6 nitrogen and oxygen atoms in total. The Morgan fingerprint density at radius 2 is 1.88 bits per heavy atom. The maximum absolute atomic E-state index is 12.5. The number of amides is 2. The third-order valence-corrected chi connectivity index (χ3v) is 4.82. The maximum Gasteiger partial charge on any atom is 0.410 e. The molecule has 6 heteroatoms. The van der Waals surface area contributed by atoms with Gasteiger partial charge in [-0.1, -0.05) is 30.3 Å². The quantitative estimate of drug-likeness (QED) is 0.822. The highest BCUT2D eigenvalue weighted by molar-refractivity contribution is 5.71. The van der Waals surface area contributed by atoms with Crippen molar-refractivity contribution in [3.63, 3.8) is 0 Å². The van der Waals surface area contributed by atoms with Gasteiger partial charge in [-0.3, -0.25) is 0 Å². The summed E-state index contributed by atoms with van der Waals surface area (Å²) in [4.78, 5) is 28.2.